The van der Waals surface area contributed by atoms with E-state index in [-0.39, 0.29) is 17.1 Å². The summed E-state index contributed by atoms with van der Waals surface area (Å²) in [5.41, 5.74) is 0.0342. The zero-order valence-electron chi connectivity index (χ0n) is 9.60. The molecule has 0 radical (unpaired) electrons. The maximum atomic E-state index is 11.4. The van der Waals surface area contributed by atoms with Gasteiger partial charge in [0.05, 0.1) is 0 Å². The Bertz CT molecular complexity index is 656. The summed E-state index contributed by atoms with van der Waals surface area (Å²) in [7, 11) is 0. The van der Waals surface area contributed by atoms with Crippen molar-refractivity contribution >= 4 is 5.78 Å². The SMILES string of the molecule is CC(=O)c1c(O)c(-c2ccc(O)cc2)c[nH]c1=O. The average molecular weight is 245 g/mol. The van der Waals surface area contributed by atoms with Crippen molar-refractivity contribution in [1.82, 2.24) is 4.98 Å². The van der Waals surface area contributed by atoms with E-state index in [4.69, 9.17) is 0 Å². The molecule has 1 heterocycles. The minimum atomic E-state index is -0.623. The van der Waals surface area contributed by atoms with E-state index in [1.807, 2.05) is 0 Å². The number of nitrogens with one attached hydrogen (secondary N) is 1. The van der Waals surface area contributed by atoms with E-state index in [9.17, 15) is 19.8 Å². The number of carbonyl (C=O) groups excluding carboxylic acids is 1. The number of aromatic amines is 1. The lowest BCUT2D eigenvalue weighted by atomic mass is 10.0. The second-order valence-electron chi connectivity index (χ2n) is 3.86. The molecule has 0 fully saturated rings. The number of aromatic hydroxyl groups is 2. The standard InChI is InChI=1S/C13H11NO4/c1-7(15)11-12(17)10(6-14-13(11)18)8-2-4-9(16)5-3-8/h2-6,16H,1H3,(H2,14,17,18). The van der Waals surface area contributed by atoms with Gasteiger partial charge < -0.3 is 15.2 Å². The number of phenolic OH excluding ortho intramolecular Hbond substituents is 1. The third-order valence-electron chi connectivity index (χ3n) is 2.60. The number of pyridine rings is 1. The largest absolute Gasteiger partial charge is 0.508 e. The molecule has 0 bridgehead atoms. The van der Waals surface area contributed by atoms with Gasteiger partial charge in [-0.25, -0.2) is 0 Å². The number of aromatic nitrogens is 1. The summed E-state index contributed by atoms with van der Waals surface area (Å²) < 4.78 is 0. The Kier molecular flexibility index (Phi) is 2.89. The highest BCUT2D eigenvalue weighted by atomic mass is 16.3. The molecule has 92 valence electrons. The maximum Gasteiger partial charge on any atom is 0.262 e. The van der Waals surface area contributed by atoms with Crippen LogP contribution in [-0.4, -0.2) is 21.0 Å². The lowest BCUT2D eigenvalue weighted by Crippen LogP contribution is -2.16. The van der Waals surface area contributed by atoms with Gasteiger partial charge in [-0.2, -0.15) is 0 Å². The van der Waals surface area contributed by atoms with Crippen LogP contribution in [0, 0.1) is 0 Å². The van der Waals surface area contributed by atoms with Gasteiger partial charge in [0.2, 0.25) is 0 Å². The number of benzene rings is 1. The molecule has 0 saturated carbocycles. The summed E-state index contributed by atoms with van der Waals surface area (Å²) >= 11 is 0. The van der Waals surface area contributed by atoms with Crippen molar-refractivity contribution < 1.29 is 15.0 Å². The van der Waals surface area contributed by atoms with Gasteiger partial charge in [-0.3, -0.25) is 9.59 Å². The molecule has 18 heavy (non-hydrogen) atoms. The van der Waals surface area contributed by atoms with Crippen molar-refractivity contribution in [2.45, 2.75) is 6.92 Å². The van der Waals surface area contributed by atoms with Gasteiger partial charge in [-0.15, -0.1) is 0 Å². The van der Waals surface area contributed by atoms with Crippen molar-refractivity contribution in [3.8, 4) is 22.6 Å². The Balaban J connectivity index is 2.66. The van der Waals surface area contributed by atoms with Crippen LogP contribution in [0.1, 0.15) is 17.3 Å². The lowest BCUT2D eigenvalue weighted by molar-refractivity contribution is 0.101. The molecule has 0 unspecified atom stereocenters. The minimum Gasteiger partial charge on any atom is -0.508 e. The maximum absolute atomic E-state index is 11.4. The van der Waals surface area contributed by atoms with Gasteiger partial charge in [0.15, 0.2) is 5.78 Å². The molecule has 0 spiro atoms. The fourth-order valence-electron chi connectivity index (χ4n) is 1.71. The van der Waals surface area contributed by atoms with E-state index in [2.05, 4.69) is 4.98 Å². The molecule has 5 nitrogen and oxygen atoms in total. The summed E-state index contributed by atoms with van der Waals surface area (Å²) in [6, 6.07) is 6.06. The fraction of sp³-hybridized carbons (Fsp3) is 0.0769. The molecule has 0 aliphatic heterocycles. The number of hydrogen-bond acceptors (Lipinski definition) is 4. The lowest BCUT2D eigenvalue weighted by Gasteiger charge is -2.07. The highest BCUT2D eigenvalue weighted by Gasteiger charge is 2.16. The molecule has 1 aromatic carbocycles. The second-order valence-corrected chi connectivity index (χ2v) is 3.86. The van der Waals surface area contributed by atoms with E-state index >= 15 is 0 Å². The van der Waals surface area contributed by atoms with Crippen LogP contribution in [0.25, 0.3) is 11.1 Å². The van der Waals surface area contributed by atoms with Crippen LogP contribution in [0.4, 0.5) is 0 Å². The first-order valence-electron chi connectivity index (χ1n) is 5.25. The molecule has 5 heteroatoms. The van der Waals surface area contributed by atoms with E-state index in [1.54, 1.807) is 12.1 Å². The number of hydrogen-bond donors (Lipinski definition) is 3. The van der Waals surface area contributed by atoms with Crippen molar-refractivity contribution in [3.63, 3.8) is 0 Å². The number of carbonyl (C=O) groups is 1. The predicted molar refractivity (Wildman–Crippen MR) is 65.8 cm³/mol. The topological polar surface area (TPSA) is 90.4 Å². The van der Waals surface area contributed by atoms with Crippen LogP contribution < -0.4 is 5.56 Å². The van der Waals surface area contributed by atoms with Gasteiger partial charge in [0, 0.05) is 11.8 Å². The summed E-state index contributed by atoms with van der Waals surface area (Å²) in [6.07, 6.45) is 1.33. The molecular weight excluding hydrogens is 234 g/mol. The predicted octanol–water partition coefficient (Wildman–Crippen LogP) is 1.66. The second kappa shape index (κ2) is 4.37. The quantitative estimate of drug-likeness (QED) is 0.702. The monoisotopic (exact) mass is 245 g/mol. The normalized spacial score (nSPS) is 10.3. The Morgan fingerprint density at radius 2 is 1.78 bits per heavy atom. The van der Waals surface area contributed by atoms with Crippen molar-refractivity contribution in [1.29, 1.82) is 0 Å². The Morgan fingerprint density at radius 3 is 2.33 bits per heavy atom. The average Bonchev–Trinajstić information content (AvgIpc) is 2.30. The Hall–Kier alpha value is -2.56. The van der Waals surface area contributed by atoms with E-state index < -0.39 is 11.3 Å². The summed E-state index contributed by atoms with van der Waals surface area (Å²) in [5, 5.41) is 19.1. The highest BCUT2D eigenvalue weighted by molar-refractivity contribution is 5.98. The number of ketones is 1. The molecular formula is C13H11NO4. The molecule has 0 atom stereocenters. The van der Waals surface area contributed by atoms with Crippen LogP contribution in [0.3, 0.4) is 0 Å². The zero-order valence-corrected chi connectivity index (χ0v) is 9.60. The minimum absolute atomic E-state index is 0.0921. The molecule has 2 aromatic rings. The zero-order chi connectivity index (χ0) is 13.3. The number of phenols is 1. The first-order valence-corrected chi connectivity index (χ1v) is 5.25. The van der Waals surface area contributed by atoms with Gasteiger partial charge >= 0.3 is 0 Å². The van der Waals surface area contributed by atoms with Crippen LogP contribution in [0.15, 0.2) is 35.3 Å². The van der Waals surface area contributed by atoms with Crippen molar-refractivity contribution in [2.24, 2.45) is 0 Å². The van der Waals surface area contributed by atoms with Gasteiger partial charge in [-0.1, -0.05) is 12.1 Å². The Morgan fingerprint density at radius 1 is 1.17 bits per heavy atom. The van der Waals surface area contributed by atoms with Crippen LogP contribution >= 0.6 is 0 Å². The molecule has 1 aromatic heterocycles. The van der Waals surface area contributed by atoms with Crippen LogP contribution in [-0.2, 0) is 0 Å². The number of H-pyrrole nitrogens is 1. The number of Topliss-reactive ketones (excluding diaryl/α,β-unsaturated/α-hetero) is 1. The van der Waals surface area contributed by atoms with Crippen molar-refractivity contribution in [2.75, 3.05) is 0 Å². The molecule has 0 saturated heterocycles. The summed E-state index contributed by atoms with van der Waals surface area (Å²) in [5.74, 6) is -0.763. The molecule has 2 rings (SSSR count). The van der Waals surface area contributed by atoms with Gasteiger partial charge in [0.1, 0.15) is 17.1 Å². The Labute approximate surface area is 102 Å². The van der Waals surface area contributed by atoms with E-state index in [1.165, 1.54) is 25.3 Å². The third-order valence-corrected chi connectivity index (χ3v) is 2.60. The summed E-state index contributed by atoms with van der Waals surface area (Å²) in [6.45, 7) is 1.21. The first kappa shape index (κ1) is 11.9. The van der Waals surface area contributed by atoms with E-state index in [0.29, 0.717) is 11.1 Å². The molecule has 0 amide bonds. The highest BCUT2D eigenvalue weighted by Crippen LogP contribution is 2.30. The molecule has 0 aliphatic carbocycles. The number of rotatable bonds is 2. The van der Waals surface area contributed by atoms with Crippen molar-refractivity contribution in [3.05, 3.63) is 46.4 Å². The molecule has 0 aliphatic rings. The van der Waals surface area contributed by atoms with Crippen LogP contribution in [0.2, 0.25) is 0 Å². The van der Waals surface area contributed by atoms with Crippen LogP contribution in [0.5, 0.6) is 11.5 Å². The van der Waals surface area contributed by atoms with Gasteiger partial charge in [0.25, 0.3) is 5.56 Å². The molecule has 3 N–H and O–H groups in total. The third kappa shape index (κ3) is 1.98. The summed E-state index contributed by atoms with van der Waals surface area (Å²) in [4.78, 5) is 25.2. The smallest absolute Gasteiger partial charge is 0.262 e. The van der Waals surface area contributed by atoms with Gasteiger partial charge in [-0.05, 0) is 24.6 Å². The fourth-order valence-corrected chi connectivity index (χ4v) is 1.71. The van der Waals surface area contributed by atoms with E-state index in [0.717, 1.165) is 0 Å². The first-order chi connectivity index (χ1) is 8.50.